The van der Waals surface area contributed by atoms with Crippen LogP contribution in [0, 0.1) is 16.7 Å². The number of rotatable bonds is 4. The van der Waals surface area contributed by atoms with E-state index in [9.17, 15) is 4.79 Å². The molecule has 1 heterocycles. The highest BCUT2D eigenvalue weighted by Gasteiger charge is 2.68. The molecule has 1 amide bonds. The average molecular weight is 246 g/mol. The predicted molar refractivity (Wildman–Crippen MR) is 72.0 cm³/mol. The molecule has 1 aromatic heterocycles. The highest BCUT2D eigenvalue weighted by atomic mass is 16.2. The normalized spacial score (nSPS) is 20.4. The van der Waals surface area contributed by atoms with Crippen molar-refractivity contribution in [2.75, 3.05) is 6.54 Å². The van der Waals surface area contributed by atoms with Crippen LogP contribution >= 0.6 is 0 Å². The van der Waals surface area contributed by atoms with Crippen molar-refractivity contribution >= 4 is 5.91 Å². The fourth-order valence-electron chi connectivity index (χ4n) is 2.83. The number of amides is 1. The Kier molecular flexibility index (Phi) is 3.18. The minimum absolute atomic E-state index is 0.116. The summed E-state index contributed by atoms with van der Waals surface area (Å²) in [6, 6.07) is 3.95. The van der Waals surface area contributed by atoms with Gasteiger partial charge in [-0.05, 0) is 28.9 Å². The van der Waals surface area contributed by atoms with Crippen LogP contribution in [0.3, 0.4) is 0 Å². The molecule has 1 fully saturated rings. The highest BCUT2D eigenvalue weighted by Crippen LogP contribution is 2.68. The Bertz CT molecular complexity index is 423. The zero-order valence-electron chi connectivity index (χ0n) is 11.7. The second kappa shape index (κ2) is 4.38. The number of hydrogen-bond acceptors (Lipinski definition) is 2. The minimum atomic E-state index is 0.116. The van der Waals surface area contributed by atoms with E-state index >= 15 is 0 Å². The molecule has 0 aliphatic heterocycles. The van der Waals surface area contributed by atoms with Gasteiger partial charge in [0.1, 0.15) is 0 Å². The Balaban J connectivity index is 1.81. The van der Waals surface area contributed by atoms with E-state index in [1.807, 2.05) is 18.3 Å². The molecular weight excluding hydrogens is 224 g/mol. The lowest BCUT2D eigenvalue weighted by molar-refractivity contribution is -0.123. The summed E-state index contributed by atoms with van der Waals surface area (Å²) in [5, 5.41) is 3.04. The van der Waals surface area contributed by atoms with Gasteiger partial charge in [0.2, 0.25) is 5.91 Å². The SMILES string of the molecule is CC1(C)C(C(=O)NCCc2cccnc2)C1(C)C. The Morgan fingerprint density at radius 2 is 2.00 bits per heavy atom. The first-order chi connectivity index (χ1) is 8.37. The van der Waals surface area contributed by atoms with Crippen LogP contribution < -0.4 is 5.32 Å². The molecule has 1 aromatic rings. The van der Waals surface area contributed by atoms with E-state index in [4.69, 9.17) is 0 Å². The molecule has 3 heteroatoms. The Hall–Kier alpha value is -1.38. The highest BCUT2D eigenvalue weighted by molar-refractivity contribution is 5.84. The molecule has 1 aliphatic carbocycles. The molecule has 0 spiro atoms. The van der Waals surface area contributed by atoms with Gasteiger partial charge in [0.15, 0.2) is 0 Å². The van der Waals surface area contributed by atoms with Gasteiger partial charge in [0, 0.05) is 24.9 Å². The van der Waals surface area contributed by atoms with Crippen molar-refractivity contribution in [3.05, 3.63) is 30.1 Å². The van der Waals surface area contributed by atoms with E-state index in [1.54, 1.807) is 6.20 Å². The van der Waals surface area contributed by atoms with Gasteiger partial charge in [0.25, 0.3) is 0 Å². The number of nitrogens with zero attached hydrogens (tertiary/aromatic N) is 1. The van der Waals surface area contributed by atoms with Crippen LogP contribution in [-0.4, -0.2) is 17.4 Å². The number of carbonyl (C=O) groups is 1. The van der Waals surface area contributed by atoms with Crippen LogP contribution in [0.4, 0.5) is 0 Å². The molecule has 1 saturated carbocycles. The van der Waals surface area contributed by atoms with Crippen molar-refractivity contribution in [3.63, 3.8) is 0 Å². The fourth-order valence-corrected chi connectivity index (χ4v) is 2.83. The first kappa shape index (κ1) is 13.1. The van der Waals surface area contributed by atoms with Gasteiger partial charge in [-0.25, -0.2) is 0 Å². The number of pyridine rings is 1. The van der Waals surface area contributed by atoms with Gasteiger partial charge in [-0.3, -0.25) is 9.78 Å². The predicted octanol–water partition coefficient (Wildman–Crippen LogP) is 2.42. The second-order valence-corrected chi connectivity index (χ2v) is 6.28. The fraction of sp³-hybridized carbons (Fsp3) is 0.600. The summed E-state index contributed by atoms with van der Waals surface area (Å²) in [6.07, 6.45) is 4.45. The first-order valence-electron chi connectivity index (χ1n) is 6.54. The first-order valence-corrected chi connectivity index (χ1v) is 6.54. The monoisotopic (exact) mass is 246 g/mol. The lowest BCUT2D eigenvalue weighted by Gasteiger charge is -2.06. The third kappa shape index (κ3) is 2.14. The molecule has 1 aliphatic rings. The number of nitrogens with one attached hydrogen (secondary N) is 1. The van der Waals surface area contributed by atoms with E-state index in [2.05, 4.69) is 38.0 Å². The molecule has 0 bridgehead atoms. The zero-order valence-corrected chi connectivity index (χ0v) is 11.7. The number of hydrogen-bond donors (Lipinski definition) is 1. The van der Waals surface area contributed by atoms with Crippen LogP contribution in [0.15, 0.2) is 24.5 Å². The molecule has 0 unspecified atom stereocenters. The number of carbonyl (C=O) groups excluding carboxylic acids is 1. The van der Waals surface area contributed by atoms with Gasteiger partial charge < -0.3 is 5.32 Å². The molecule has 98 valence electrons. The van der Waals surface area contributed by atoms with Crippen LogP contribution in [0.5, 0.6) is 0 Å². The molecule has 0 aromatic carbocycles. The van der Waals surface area contributed by atoms with Crippen LogP contribution in [0.1, 0.15) is 33.3 Å². The summed E-state index contributed by atoms with van der Waals surface area (Å²) in [5.74, 6) is 0.327. The molecule has 3 nitrogen and oxygen atoms in total. The minimum Gasteiger partial charge on any atom is -0.355 e. The maximum absolute atomic E-state index is 12.1. The summed E-state index contributed by atoms with van der Waals surface area (Å²) in [5.41, 5.74) is 1.39. The summed E-state index contributed by atoms with van der Waals surface area (Å²) in [7, 11) is 0. The Morgan fingerprint density at radius 3 is 2.50 bits per heavy atom. The van der Waals surface area contributed by atoms with E-state index in [-0.39, 0.29) is 22.7 Å². The van der Waals surface area contributed by atoms with E-state index < -0.39 is 0 Å². The van der Waals surface area contributed by atoms with Crippen molar-refractivity contribution in [1.82, 2.24) is 10.3 Å². The van der Waals surface area contributed by atoms with E-state index in [1.165, 1.54) is 0 Å². The third-order valence-electron chi connectivity index (χ3n) is 4.72. The van der Waals surface area contributed by atoms with Crippen LogP contribution in [-0.2, 0) is 11.2 Å². The largest absolute Gasteiger partial charge is 0.355 e. The van der Waals surface area contributed by atoms with Crippen molar-refractivity contribution < 1.29 is 4.79 Å². The summed E-state index contributed by atoms with van der Waals surface area (Å²) in [6.45, 7) is 9.35. The zero-order chi connectivity index (χ0) is 13.4. The van der Waals surface area contributed by atoms with E-state index in [0.29, 0.717) is 6.54 Å². The van der Waals surface area contributed by atoms with Crippen molar-refractivity contribution in [3.8, 4) is 0 Å². The molecule has 1 N–H and O–H groups in total. The summed E-state index contributed by atoms with van der Waals surface area (Å²) in [4.78, 5) is 16.2. The molecule has 18 heavy (non-hydrogen) atoms. The van der Waals surface area contributed by atoms with Crippen molar-refractivity contribution in [2.24, 2.45) is 16.7 Å². The molecule has 0 atom stereocenters. The maximum Gasteiger partial charge on any atom is 0.224 e. The van der Waals surface area contributed by atoms with Gasteiger partial charge in [-0.2, -0.15) is 0 Å². The molecule has 0 radical (unpaired) electrons. The summed E-state index contributed by atoms with van der Waals surface area (Å²) >= 11 is 0. The van der Waals surface area contributed by atoms with Gasteiger partial charge in [-0.1, -0.05) is 33.8 Å². The average Bonchev–Trinajstić information content (AvgIpc) is 2.70. The van der Waals surface area contributed by atoms with Crippen molar-refractivity contribution in [2.45, 2.75) is 34.1 Å². The number of aromatic nitrogens is 1. The lowest BCUT2D eigenvalue weighted by atomic mass is 10.0. The van der Waals surface area contributed by atoms with Gasteiger partial charge >= 0.3 is 0 Å². The topological polar surface area (TPSA) is 42.0 Å². The van der Waals surface area contributed by atoms with Crippen LogP contribution in [0.25, 0.3) is 0 Å². The van der Waals surface area contributed by atoms with E-state index in [0.717, 1.165) is 12.0 Å². The Morgan fingerprint density at radius 1 is 1.33 bits per heavy atom. The smallest absolute Gasteiger partial charge is 0.224 e. The second-order valence-electron chi connectivity index (χ2n) is 6.28. The summed E-state index contributed by atoms with van der Waals surface area (Å²) < 4.78 is 0. The van der Waals surface area contributed by atoms with Crippen LogP contribution in [0.2, 0.25) is 0 Å². The molecular formula is C15H22N2O. The van der Waals surface area contributed by atoms with Crippen molar-refractivity contribution in [1.29, 1.82) is 0 Å². The molecule has 2 rings (SSSR count). The van der Waals surface area contributed by atoms with Gasteiger partial charge in [0.05, 0.1) is 0 Å². The third-order valence-corrected chi connectivity index (χ3v) is 4.72. The van der Waals surface area contributed by atoms with Gasteiger partial charge in [-0.15, -0.1) is 0 Å². The lowest BCUT2D eigenvalue weighted by Crippen LogP contribution is -2.29. The molecule has 0 saturated heterocycles. The standard InChI is InChI=1S/C15H22N2O/c1-14(2)12(15(14,3)4)13(18)17-9-7-11-6-5-8-16-10-11/h5-6,8,10,12H,7,9H2,1-4H3,(H,17,18). The quantitative estimate of drug-likeness (QED) is 0.886. The Labute approximate surface area is 109 Å². The maximum atomic E-state index is 12.1.